The van der Waals surface area contributed by atoms with Crippen molar-refractivity contribution in [3.05, 3.63) is 64.1 Å². The lowest BCUT2D eigenvalue weighted by Crippen LogP contribution is -2.21. The van der Waals surface area contributed by atoms with Gasteiger partial charge in [0.05, 0.1) is 17.1 Å². The van der Waals surface area contributed by atoms with Crippen LogP contribution in [0.5, 0.6) is 0 Å². The Morgan fingerprint density at radius 2 is 1.70 bits per heavy atom. The van der Waals surface area contributed by atoms with E-state index < -0.39 is 21.2 Å². The Morgan fingerprint density at radius 3 is 2.22 bits per heavy atom. The summed E-state index contributed by atoms with van der Waals surface area (Å²) in [6.07, 6.45) is 0. The zero-order valence-corrected chi connectivity index (χ0v) is 14.7. The van der Waals surface area contributed by atoms with E-state index >= 15 is 0 Å². The molecule has 0 saturated carbocycles. The highest BCUT2D eigenvalue weighted by atomic mass is 79.9. The van der Waals surface area contributed by atoms with Crippen molar-refractivity contribution in [1.82, 2.24) is 0 Å². The molecule has 2 aromatic carbocycles. The summed E-state index contributed by atoms with van der Waals surface area (Å²) in [6, 6.07) is 12.4. The molecule has 0 spiro atoms. The third kappa shape index (κ3) is 4.40. The van der Waals surface area contributed by atoms with Gasteiger partial charge in [-0.05, 0) is 48.9 Å². The van der Waals surface area contributed by atoms with Gasteiger partial charge in [0.2, 0.25) is 9.84 Å². The average Bonchev–Trinajstić information content (AvgIpc) is 2.53. The summed E-state index contributed by atoms with van der Waals surface area (Å²) in [7, 11) is -3.58. The topological polar surface area (TPSA) is 80.7 Å². The Labute approximate surface area is 143 Å². The summed E-state index contributed by atoms with van der Waals surface area (Å²) in [4.78, 5) is 11.0. The maximum Gasteiger partial charge on any atom is 0.335 e. The highest BCUT2D eigenvalue weighted by Crippen LogP contribution is 2.20. The summed E-state index contributed by atoms with van der Waals surface area (Å²) in [5.41, 5.74) is -0.139. The Bertz CT molecular complexity index is 782. The number of carboxylic acids is 1. The van der Waals surface area contributed by atoms with E-state index in [0.717, 1.165) is 4.47 Å². The minimum atomic E-state index is -3.58. The van der Waals surface area contributed by atoms with E-state index in [1.807, 2.05) is 0 Å². The van der Waals surface area contributed by atoms with Gasteiger partial charge in [-0.1, -0.05) is 28.1 Å². The van der Waals surface area contributed by atoms with Crippen LogP contribution in [-0.4, -0.2) is 24.9 Å². The van der Waals surface area contributed by atoms with Gasteiger partial charge in [0, 0.05) is 4.47 Å². The van der Waals surface area contributed by atoms with E-state index in [2.05, 4.69) is 15.9 Å². The second-order valence-corrected chi connectivity index (χ2v) is 8.02. The second-order valence-electron chi connectivity index (χ2n) is 4.88. The van der Waals surface area contributed by atoms with Crippen molar-refractivity contribution in [3.63, 3.8) is 0 Å². The van der Waals surface area contributed by atoms with Crippen LogP contribution in [0.25, 0.3) is 0 Å². The molecule has 2 aromatic rings. The minimum Gasteiger partial charge on any atom is -0.478 e. The van der Waals surface area contributed by atoms with Gasteiger partial charge < -0.3 is 9.84 Å². The molecule has 0 bridgehead atoms. The summed E-state index contributed by atoms with van der Waals surface area (Å²) in [5.74, 6) is -1.01. The zero-order chi connectivity index (χ0) is 17.0. The predicted octanol–water partition coefficient (Wildman–Crippen LogP) is 3.48. The molecule has 0 fully saturated rings. The van der Waals surface area contributed by atoms with Crippen molar-refractivity contribution in [3.8, 4) is 0 Å². The van der Waals surface area contributed by atoms with Crippen LogP contribution in [0, 0.1) is 0 Å². The van der Waals surface area contributed by atoms with Crippen LogP contribution < -0.4 is 0 Å². The lowest BCUT2D eigenvalue weighted by Gasteiger charge is -2.14. The Kier molecular flexibility index (Phi) is 5.56. The third-order valence-corrected chi connectivity index (χ3v) is 5.73. The van der Waals surface area contributed by atoms with Crippen LogP contribution in [0.3, 0.4) is 0 Å². The van der Waals surface area contributed by atoms with Crippen molar-refractivity contribution >= 4 is 31.7 Å². The summed E-state index contributed by atoms with van der Waals surface area (Å²) >= 11 is 3.26. The zero-order valence-electron chi connectivity index (χ0n) is 12.3. The predicted molar refractivity (Wildman–Crippen MR) is 89.0 cm³/mol. The van der Waals surface area contributed by atoms with Crippen molar-refractivity contribution in [2.75, 3.05) is 0 Å². The van der Waals surface area contributed by atoms with Gasteiger partial charge in [-0.2, -0.15) is 0 Å². The molecule has 0 aliphatic carbocycles. The van der Waals surface area contributed by atoms with Gasteiger partial charge in [0.1, 0.15) is 0 Å². The van der Waals surface area contributed by atoms with E-state index in [4.69, 9.17) is 9.84 Å². The molecule has 2 rings (SSSR count). The van der Waals surface area contributed by atoms with Crippen molar-refractivity contribution < 1.29 is 23.1 Å². The maximum atomic E-state index is 12.4. The Balaban J connectivity index is 2.04. The fourth-order valence-electron chi connectivity index (χ4n) is 1.86. The number of hydrogen-bond acceptors (Lipinski definition) is 4. The molecule has 1 atom stereocenters. The second kappa shape index (κ2) is 7.25. The molecule has 0 amide bonds. The number of hydrogen-bond donors (Lipinski definition) is 1. The fraction of sp³-hybridized carbons (Fsp3) is 0.188. The van der Waals surface area contributed by atoms with Gasteiger partial charge >= 0.3 is 5.97 Å². The van der Waals surface area contributed by atoms with Gasteiger partial charge in [-0.3, -0.25) is 0 Å². The van der Waals surface area contributed by atoms with Crippen LogP contribution in [0.15, 0.2) is 57.9 Å². The Hall–Kier alpha value is -1.70. The highest BCUT2D eigenvalue weighted by Gasteiger charge is 2.23. The molecule has 0 radical (unpaired) electrons. The fourth-order valence-corrected chi connectivity index (χ4v) is 3.27. The number of ether oxygens (including phenoxy) is 1. The number of halogens is 1. The van der Waals surface area contributed by atoms with Crippen molar-refractivity contribution in [2.24, 2.45) is 0 Å². The first-order valence-corrected chi connectivity index (χ1v) is 9.08. The van der Waals surface area contributed by atoms with Gasteiger partial charge in [0.15, 0.2) is 5.44 Å². The number of sulfone groups is 1. The molecular formula is C16H15BrO5S. The van der Waals surface area contributed by atoms with Crippen LogP contribution >= 0.6 is 15.9 Å². The molecule has 0 aliphatic rings. The minimum absolute atomic E-state index is 0.0802. The average molecular weight is 399 g/mol. The summed E-state index contributed by atoms with van der Waals surface area (Å²) in [5, 5.41) is 8.83. The van der Waals surface area contributed by atoms with Gasteiger partial charge in [-0.25, -0.2) is 13.2 Å². The monoisotopic (exact) mass is 398 g/mol. The molecule has 122 valence electrons. The first-order chi connectivity index (χ1) is 10.8. The summed E-state index contributed by atoms with van der Waals surface area (Å²) < 4.78 is 31.0. The quantitative estimate of drug-likeness (QED) is 0.805. The lowest BCUT2D eigenvalue weighted by molar-refractivity contribution is 0.0696. The van der Waals surface area contributed by atoms with Crippen molar-refractivity contribution in [1.29, 1.82) is 0 Å². The van der Waals surface area contributed by atoms with E-state index in [1.165, 1.54) is 31.2 Å². The smallest absolute Gasteiger partial charge is 0.335 e. The molecule has 0 aliphatic heterocycles. The lowest BCUT2D eigenvalue weighted by atomic mass is 10.1. The largest absolute Gasteiger partial charge is 0.478 e. The molecule has 1 N–H and O–H groups in total. The van der Waals surface area contributed by atoms with E-state index in [0.29, 0.717) is 5.56 Å². The number of carboxylic acid groups (broad SMARTS) is 1. The maximum absolute atomic E-state index is 12.4. The molecule has 5 nitrogen and oxygen atoms in total. The van der Waals surface area contributed by atoms with Crippen LogP contribution in [0.1, 0.15) is 22.8 Å². The molecule has 0 aromatic heterocycles. The molecule has 0 heterocycles. The number of aromatic carboxylic acids is 1. The SMILES string of the molecule is CC(OCc1ccc(C(=O)O)cc1)S(=O)(=O)c1ccc(Br)cc1. The van der Waals surface area contributed by atoms with Gasteiger partial charge in [-0.15, -0.1) is 0 Å². The van der Waals surface area contributed by atoms with Crippen molar-refractivity contribution in [2.45, 2.75) is 23.9 Å². The number of rotatable bonds is 6. The summed E-state index contributed by atoms with van der Waals surface area (Å²) in [6.45, 7) is 1.56. The number of carbonyl (C=O) groups is 1. The molecule has 23 heavy (non-hydrogen) atoms. The van der Waals surface area contributed by atoms with E-state index in [1.54, 1.807) is 24.3 Å². The molecular weight excluding hydrogens is 384 g/mol. The first kappa shape index (κ1) is 17.7. The third-order valence-electron chi connectivity index (χ3n) is 3.26. The van der Waals surface area contributed by atoms with Crippen LogP contribution in [-0.2, 0) is 21.2 Å². The number of benzene rings is 2. The normalized spacial score (nSPS) is 12.8. The van der Waals surface area contributed by atoms with E-state index in [9.17, 15) is 13.2 Å². The molecule has 7 heteroatoms. The van der Waals surface area contributed by atoms with Crippen LogP contribution in [0.4, 0.5) is 0 Å². The first-order valence-electron chi connectivity index (χ1n) is 6.74. The highest BCUT2D eigenvalue weighted by molar-refractivity contribution is 9.10. The Morgan fingerprint density at radius 1 is 1.13 bits per heavy atom. The van der Waals surface area contributed by atoms with Gasteiger partial charge in [0.25, 0.3) is 0 Å². The van der Waals surface area contributed by atoms with E-state index in [-0.39, 0.29) is 17.1 Å². The molecule has 0 saturated heterocycles. The van der Waals surface area contributed by atoms with Crippen LogP contribution in [0.2, 0.25) is 0 Å². The standard InChI is InChI=1S/C16H15BrO5S/c1-11(23(20,21)15-8-6-14(17)7-9-15)22-10-12-2-4-13(5-3-12)16(18)19/h2-9,11H,10H2,1H3,(H,18,19). The molecule has 1 unspecified atom stereocenters.